The smallest absolute Gasteiger partial charge is 0.255 e. The molecule has 7 heteroatoms. The summed E-state index contributed by atoms with van der Waals surface area (Å²) in [5.41, 5.74) is 0.795. The van der Waals surface area contributed by atoms with Crippen LogP contribution in [0.5, 0.6) is 17.4 Å². The minimum absolute atomic E-state index is 0.0767. The van der Waals surface area contributed by atoms with Crippen molar-refractivity contribution in [2.24, 2.45) is 0 Å². The van der Waals surface area contributed by atoms with Crippen LogP contribution in [0.3, 0.4) is 0 Å². The van der Waals surface area contributed by atoms with Gasteiger partial charge in [-0.2, -0.15) is 4.98 Å². The number of benzene rings is 3. The van der Waals surface area contributed by atoms with Crippen LogP contribution in [0.2, 0.25) is 0 Å². The SMILES string of the molecule is Cc1nccc(Oc2ccc(NC(=O)c3cc(F)cc(OC4CCCC4)c3)c3ccccc23)n1. The molecule has 0 spiro atoms. The lowest BCUT2D eigenvalue weighted by Gasteiger charge is -2.15. The molecule has 0 saturated heterocycles. The molecule has 1 N–H and O–H groups in total. The first-order chi connectivity index (χ1) is 16.5. The van der Waals surface area contributed by atoms with Gasteiger partial charge >= 0.3 is 0 Å². The zero-order valence-electron chi connectivity index (χ0n) is 18.8. The highest BCUT2D eigenvalue weighted by Gasteiger charge is 2.19. The van der Waals surface area contributed by atoms with Gasteiger partial charge in [-0.05, 0) is 56.9 Å². The van der Waals surface area contributed by atoms with E-state index in [0.29, 0.717) is 28.9 Å². The number of hydrogen-bond acceptors (Lipinski definition) is 5. The number of hydrogen-bond donors (Lipinski definition) is 1. The number of rotatable bonds is 6. The number of ether oxygens (including phenoxy) is 2. The molecule has 34 heavy (non-hydrogen) atoms. The number of anilines is 1. The van der Waals surface area contributed by atoms with E-state index in [-0.39, 0.29) is 11.7 Å². The summed E-state index contributed by atoms with van der Waals surface area (Å²) in [6.45, 7) is 1.79. The van der Waals surface area contributed by atoms with Gasteiger partial charge in [-0.15, -0.1) is 0 Å². The number of aryl methyl sites for hydroxylation is 1. The maximum Gasteiger partial charge on any atom is 0.255 e. The van der Waals surface area contributed by atoms with Crippen LogP contribution in [0.4, 0.5) is 10.1 Å². The van der Waals surface area contributed by atoms with E-state index in [9.17, 15) is 9.18 Å². The number of aromatic nitrogens is 2. The van der Waals surface area contributed by atoms with Crippen LogP contribution in [-0.2, 0) is 0 Å². The fraction of sp³-hybridized carbons (Fsp3) is 0.222. The molecule has 1 heterocycles. The summed E-state index contributed by atoms with van der Waals surface area (Å²) in [4.78, 5) is 21.4. The van der Waals surface area contributed by atoms with Crippen molar-refractivity contribution in [1.82, 2.24) is 9.97 Å². The minimum atomic E-state index is -0.505. The zero-order valence-corrected chi connectivity index (χ0v) is 18.8. The molecule has 4 aromatic rings. The van der Waals surface area contributed by atoms with Crippen molar-refractivity contribution in [3.8, 4) is 17.4 Å². The molecule has 1 saturated carbocycles. The number of fused-ring (bicyclic) bond motifs is 1. The summed E-state index contributed by atoms with van der Waals surface area (Å²) in [5.74, 6) is 1.10. The van der Waals surface area contributed by atoms with Gasteiger partial charge in [0.2, 0.25) is 5.88 Å². The lowest BCUT2D eigenvalue weighted by molar-refractivity contribution is 0.102. The number of carbonyl (C=O) groups excluding carboxylic acids is 1. The Hall–Kier alpha value is -4.00. The Bertz CT molecular complexity index is 1350. The van der Waals surface area contributed by atoms with E-state index < -0.39 is 11.7 Å². The van der Waals surface area contributed by atoms with E-state index in [0.717, 1.165) is 36.5 Å². The van der Waals surface area contributed by atoms with E-state index in [2.05, 4.69) is 15.3 Å². The summed E-state index contributed by atoms with van der Waals surface area (Å²) in [5, 5.41) is 4.50. The van der Waals surface area contributed by atoms with Gasteiger partial charge in [0.15, 0.2) is 0 Å². The summed E-state index contributed by atoms with van der Waals surface area (Å²) >= 11 is 0. The largest absolute Gasteiger partial charge is 0.490 e. The van der Waals surface area contributed by atoms with Crippen molar-refractivity contribution in [2.45, 2.75) is 38.7 Å². The van der Waals surface area contributed by atoms with Gasteiger partial charge in [0.05, 0.1) is 6.10 Å². The van der Waals surface area contributed by atoms with Crippen molar-refractivity contribution in [2.75, 3.05) is 5.32 Å². The molecule has 3 aromatic carbocycles. The lowest BCUT2D eigenvalue weighted by Crippen LogP contribution is -2.15. The zero-order chi connectivity index (χ0) is 23.5. The fourth-order valence-corrected chi connectivity index (χ4v) is 4.23. The molecule has 6 nitrogen and oxygen atoms in total. The molecule has 1 fully saturated rings. The van der Waals surface area contributed by atoms with Crippen LogP contribution in [0, 0.1) is 12.7 Å². The van der Waals surface area contributed by atoms with Gasteiger partial charge in [0.1, 0.15) is 23.1 Å². The van der Waals surface area contributed by atoms with E-state index in [4.69, 9.17) is 9.47 Å². The van der Waals surface area contributed by atoms with Crippen molar-refractivity contribution >= 4 is 22.4 Å². The van der Waals surface area contributed by atoms with Crippen LogP contribution in [0.1, 0.15) is 41.9 Å². The van der Waals surface area contributed by atoms with Gasteiger partial charge in [0.25, 0.3) is 5.91 Å². The molecule has 0 bridgehead atoms. The van der Waals surface area contributed by atoms with Gasteiger partial charge in [-0.1, -0.05) is 24.3 Å². The maximum atomic E-state index is 14.3. The van der Waals surface area contributed by atoms with E-state index in [1.165, 1.54) is 12.1 Å². The van der Waals surface area contributed by atoms with Gasteiger partial charge in [-0.3, -0.25) is 4.79 Å². The highest BCUT2D eigenvalue weighted by atomic mass is 19.1. The monoisotopic (exact) mass is 457 g/mol. The number of amides is 1. The normalized spacial score (nSPS) is 13.7. The molecular weight excluding hydrogens is 433 g/mol. The summed E-state index contributed by atoms with van der Waals surface area (Å²) < 4.78 is 26.1. The van der Waals surface area contributed by atoms with Crippen molar-refractivity contribution < 1.29 is 18.7 Å². The average molecular weight is 458 g/mol. The van der Waals surface area contributed by atoms with Crippen molar-refractivity contribution in [1.29, 1.82) is 0 Å². The third-order valence-corrected chi connectivity index (χ3v) is 5.84. The molecule has 172 valence electrons. The Morgan fingerprint density at radius 3 is 2.62 bits per heavy atom. The van der Waals surface area contributed by atoms with Crippen LogP contribution in [-0.4, -0.2) is 22.0 Å². The first-order valence-electron chi connectivity index (χ1n) is 11.3. The maximum absolute atomic E-state index is 14.3. The summed E-state index contributed by atoms with van der Waals surface area (Å²) in [6.07, 6.45) is 5.83. The third kappa shape index (κ3) is 4.83. The Morgan fingerprint density at radius 1 is 1.03 bits per heavy atom. The Kier molecular flexibility index (Phi) is 6.08. The number of nitrogens with one attached hydrogen (secondary N) is 1. The topological polar surface area (TPSA) is 73.3 Å². The molecule has 0 radical (unpaired) electrons. The molecule has 0 aliphatic heterocycles. The molecular formula is C27H24FN3O3. The van der Waals surface area contributed by atoms with Crippen LogP contribution >= 0.6 is 0 Å². The molecule has 0 unspecified atom stereocenters. The van der Waals surface area contributed by atoms with Gasteiger partial charge in [-0.25, -0.2) is 9.37 Å². The fourth-order valence-electron chi connectivity index (χ4n) is 4.23. The summed E-state index contributed by atoms with van der Waals surface area (Å²) in [6, 6.07) is 16.9. The second-order valence-corrected chi connectivity index (χ2v) is 8.36. The highest BCUT2D eigenvalue weighted by Crippen LogP contribution is 2.34. The predicted molar refractivity (Wildman–Crippen MR) is 128 cm³/mol. The third-order valence-electron chi connectivity index (χ3n) is 5.84. The Morgan fingerprint density at radius 2 is 1.82 bits per heavy atom. The lowest BCUT2D eigenvalue weighted by atomic mass is 10.1. The molecule has 0 atom stereocenters. The predicted octanol–water partition coefficient (Wildman–Crippen LogP) is 6.44. The van der Waals surface area contributed by atoms with Crippen LogP contribution < -0.4 is 14.8 Å². The van der Waals surface area contributed by atoms with Crippen molar-refractivity contribution in [3.63, 3.8) is 0 Å². The van der Waals surface area contributed by atoms with Crippen molar-refractivity contribution in [3.05, 3.63) is 84.1 Å². The first-order valence-corrected chi connectivity index (χ1v) is 11.3. The molecule has 5 rings (SSSR count). The van der Waals surface area contributed by atoms with Crippen LogP contribution in [0.25, 0.3) is 10.8 Å². The summed E-state index contributed by atoms with van der Waals surface area (Å²) in [7, 11) is 0. The number of nitrogens with zero attached hydrogens (tertiary/aromatic N) is 2. The molecule has 1 aliphatic carbocycles. The van der Waals surface area contributed by atoms with E-state index >= 15 is 0 Å². The number of carbonyl (C=O) groups is 1. The standard InChI is InChI=1S/C27H24FN3O3/c1-17-29-13-12-26(30-17)34-25-11-10-24(22-8-4-5-9-23(22)25)31-27(32)18-14-19(28)16-21(15-18)33-20-6-2-3-7-20/h4-5,8-16,20H,2-3,6-7H2,1H3,(H,31,32). The average Bonchev–Trinajstić information content (AvgIpc) is 3.33. The van der Waals surface area contributed by atoms with E-state index in [1.54, 1.807) is 37.4 Å². The first kappa shape index (κ1) is 21.8. The number of halogens is 1. The Balaban J connectivity index is 1.41. The Labute approximate surface area is 196 Å². The van der Waals surface area contributed by atoms with Crippen LogP contribution in [0.15, 0.2) is 66.9 Å². The van der Waals surface area contributed by atoms with Gasteiger partial charge < -0.3 is 14.8 Å². The molecule has 1 amide bonds. The second kappa shape index (κ2) is 9.47. The molecule has 1 aliphatic rings. The second-order valence-electron chi connectivity index (χ2n) is 8.36. The van der Waals surface area contributed by atoms with Gasteiger partial charge in [0, 0.05) is 40.4 Å². The highest BCUT2D eigenvalue weighted by molar-refractivity contribution is 6.10. The van der Waals surface area contributed by atoms with E-state index in [1.807, 2.05) is 24.3 Å². The molecule has 1 aromatic heterocycles. The quantitative estimate of drug-likeness (QED) is 0.360. The minimum Gasteiger partial charge on any atom is -0.490 e.